The van der Waals surface area contributed by atoms with Gasteiger partial charge < -0.3 is 28.5 Å². The van der Waals surface area contributed by atoms with Gasteiger partial charge in [0, 0.05) is 12.8 Å². The van der Waals surface area contributed by atoms with Crippen LogP contribution in [0.25, 0.3) is 0 Å². The van der Waals surface area contributed by atoms with Crippen LogP contribution in [-0.2, 0) is 33.3 Å². The number of carboxylic acid groups (broad SMARTS) is 1. The van der Waals surface area contributed by atoms with Crippen molar-refractivity contribution in [2.45, 2.75) is 379 Å². The number of likely N-dealkylation sites (N-methyl/N-ethyl adjacent to an activating group) is 1. The molecule has 0 aromatic rings. The third kappa shape index (κ3) is 73.9. The largest absolute Gasteiger partial charge is 0.477 e. The first kappa shape index (κ1) is 88.5. The molecule has 0 aromatic carbocycles. The number of nitrogens with zero attached hydrogens (tertiary/aromatic N) is 1. The van der Waals surface area contributed by atoms with Gasteiger partial charge in [0.05, 0.1) is 34.4 Å². The standard InChI is InChI=1S/C83H149NO8/c1-6-8-10-12-14-16-18-20-22-24-26-28-30-32-34-36-38-40-42-43-45-47-49-51-53-55-57-59-61-63-65-67-69-71-73-80(85)90-77-79(78-91-83(82(87)88)89-76-75-84(3,4)5)92-81(86)74-72-70-68-66-64-62-60-58-56-54-52-50-48-46-44-41-39-37-35-33-31-29-27-25-23-21-19-17-15-13-11-9-7-2/h9,11,15,17,21,23,27,29,33,35,39,41,46,48,79,83H,6-8,10,12-14,16,18-20,22,24-26,28,30-32,34,36-38,40,42-45,47,49-78H2,1-5H3/p+1/b11-9-,17-15-,23-21-,29-27-,35-33-,41-39-,48-46-. The summed E-state index contributed by atoms with van der Waals surface area (Å²) in [4.78, 5) is 37.7. The summed E-state index contributed by atoms with van der Waals surface area (Å²) in [5, 5.41) is 9.77. The number of carbonyl (C=O) groups is 3. The Hall–Kier alpha value is -3.53. The van der Waals surface area contributed by atoms with E-state index >= 15 is 0 Å². The summed E-state index contributed by atoms with van der Waals surface area (Å²) in [7, 11) is 5.99. The Morgan fingerprint density at radius 1 is 0.337 bits per heavy atom. The van der Waals surface area contributed by atoms with Gasteiger partial charge in [-0.1, -0.05) is 369 Å². The van der Waals surface area contributed by atoms with Crippen LogP contribution in [0.5, 0.6) is 0 Å². The van der Waals surface area contributed by atoms with E-state index in [4.69, 9.17) is 18.9 Å². The van der Waals surface area contributed by atoms with Gasteiger partial charge in [0.1, 0.15) is 13.2 Å². The average Bonchev–Trinajstić information content (AvgIpc) is 3.69. The van der Waals surface area contributed by atoms with Gasteiger partial charge in [-0.05, 0) is 70.6 Å². The molecule has 0 saturated carbocycles. The highest BCUT2D eigenvalue weighted by molar-refractivity contribution is 5.71. The summed E-state index contributed by atoms with van der Waals surface area (Å²) in [6.07, 6.45) is 97.3. The molecule has 0 aliphatic carbocycles. The van der Waals surface area contributed by atoms with Crippen molar-refractivity contribution in [3.05, 3.63) is 85.1 Å². The quantitative estimate of drug-likeness (QED) is 0.0211. The summed E-state index contributed by atoms with van der Waals surface area (Å²) in [6, 6.07) is 0. The molecule has 0 rings (SSSR count). The molecule has 0 heterocycles. The molecule has 0 aliphatic heterocycles. The van der Waals surface area contributed by atoms with E-state index in [9.17, 15) is 19.5 Å². The number of quaternary nitrogens is 1. The second-order valence-electron chi connectivity index (χ2n) is 27.7. The highest BCUT2D eigenvalue weighted by Gasteiger charge is 2.25. The van der Waals surface area contributed by atoms with E-state index in [-0.39, 0.29) is 32.2 Å². The van der Waals surface area contributed by atoms with Crippen LogP contribution in [0.1, 0.15) is 367 Å². The fourth-order valence-corrected chi connectivity index (χ4v) is 11.5. The predicted octanol–water partition coefficient (Wildman–Crippen LogP) is 25.0. The van der Waals surface area contributed by atoms with E-state index in [1.54, 1.807) is 0 Å². The second kappa shape index (κ2) is 73.3. The van der Waals surface area contributed by atoms with Crippen LogP contribution in [0.3, 0.4) is 0 Å². The van der Waals surface area contributed by atoms with Crippen LogP contribution in [0, 0.1) is 0 Å². The first-order chi connectivity index (χ1) is 45.1. The molecule has 2 atom stereocenters. The van der Waals surface area contributed by atoms with Crippen molar-refractivity contribution in [2.75, 3.05) is 47.5 Å². The number of hydrogen-bond acceptors (Lipinski definition) is 7. The van der Waals surface area contributed by atoms with Crippen molar-refractivity contribution < 1.29 is 42.9 Å². The van der Waals surface area contributed by atoms with Gasteiger partial charge in [-0.15, -0.1) is 0 Å². The minimum atomic E-state index is -1.51. The molecule has 0 radical (unpaired) electrons. The summed E-state index contributed by atoms with van der Waals surface area (Å²) in [6.45, 7) is 4.81. The molecule has 0 aromatic heterocycles. The Kier molecular flexibility index (Phi) is 70.5. The molecule has 534 valence electrons. The Morgan fingerprint density at radius 3 is 0.924 bits per heavy atom. The summed E-state index contributed by atoms with van der Waals surface area (Å²) >= 11 is 0. The topological polar surface area (TPSA) is 108 Å². The maximum atomic E-state index is 13.0. The lowest BCUT2D eigenvalue weighted by Gasteiger charge is -2.25. The van der Waals surface area contributed by atoms with E-state index in [1.807, 2.05) is 21.1 Å². The van der Waals surface area contributed by atoms with Crippen LogP contribution < -0.4 is 0 Å². The molecule has 0 amide bonds. The number of allylic oxidation sites excluding steroid dienone is 14. The Morgan fingerprint density at radius 2 is 0.620 bits per heavy atom. The molecule has 0 fully saturated rings. The van der Waals surface area contributed by atoms with Gasteiger partial charge in [0.25, 0.3) is 6.29 Å². The first-order valence-electron chi connectivity index (χ1n) is 39.3. The number of ether oxygens (including phenoxy) is 4. The van der Waals surface area contributed by atoms with E-state index in [2.05, 4.69) is 98.9 Å². The van der Waals surface area contributed by atoms with E-state index in [1.165, 1.54) is 244 Å². The number of aliphatic carboxylic acids is 1. The SMILES string of the molecule is CC/C=C\C/C=C\C/C=C\C/C=C\C/C=C\C/C=C\C/C=C\CCCCCCCCCCCCCC(=O)OC(COC(=O)CCCCCCCCCCCCCCCCCCCCCCCCCCCCCCCCCCCC)COC(OCC[N+](C)(C)C)C(=O)O. The molecule has 0 bridgehead atoms. The summed E-state index contributed by atoms with van der Waals surface area (Å²) in [5.41, 5.74) is 0. The zero-order valence-electron chi connectivity index (χ0n) is 61.2. The lowest BCUT2D eigenvalue weighted by molar-refractivity contribution is -0.870. The summed E-state index contributed by atoms with van der Waals surface area (Å²) in [5.74, 6) is -1.99. The van der Waals surface area contributed by atoms with Crippen molar-refractivity contribution in [2.24, 2.45) is 0 Å². The van der Waals surface area contributed by atoms with Crippen LogP contribution in [-0.4, -0.2) is 87.4 Å². The molecule has 9 heteroatoms. The van der Waals surface area contributed by atoms with Gasteiger partial charge in [-0.3, -0.25) is 9.59 Å². The van der Waals surface area contributed by atoms with Crippen LogP contribution in [0.2, 0.25) is 0 Å². The van der Waals surface area contributed by atoms with Gasteiger partial charge >= 0.3 is 17.9 Å². The molecule has 0 spiro atoms. The minimum absolute atomic E-state index is 0.182. The molecule has 9 nitrogen and oxygen atoms in total. The van der Waals surface area contributed by atoms with E-state index in [0.29, 0.717) is 23.9 Å². The third-order valence-corrected chi connectivity index (χ3v) is 17.4. The fourth-order valence-electron chi connectivity index (χ4n) is 11.5. The van der Waals surface area contributed by atoms with E-state index < -0.39 is 24.3 Å². The maximum Gasteiger partial charge on any atom is 0.361 e. The molecule has 2 unspecified atom stereocenters. The Labute approximate surface area is 570 Å². The first-order valence-corrected chi connectivity index (χ1v) is 39.3. The number of carboxylic acids is 1. The van der Waals surface area contributed by atoms with Crippen molar-refractivity contribution in [1.82, 2.24) is 0 Å². The van der Waals surface area contributed by atoms with Crippen LogP contribution >= 0.6 is 0 Å². The van der Waals surface area contributed by atoms with Crippen molar-refractivity contribution in [3.63, 3.8) is 0 Å². The number of esters is 2. The molecule has 0 saturated heterocycles. The smallest absolute Gasteiger partial charge is 0.361 e. The average molecular weight is 1290 g/mol. The molecular weight excluding hydrogens is 1140 g/mol. The highest BCUT2D eigenvalue weighted by atomic mass is 16.7. The normalized spacial score (nSPS) is 13.1. The molecular formula is C83H150NO8+. The zero-order chi connectivity index (χ0) is 66.8. The zero-order valence-corrected chi connectivity index (χ0v) is 61.2. The highest BCUT2D eigenvalue weighted by Crippen LogP contribution is 2.19. The molecule has 0 aliphatic rings. The third-order valence-electron chi connectivity index (χ3n) is 17.4. The monoisotopic (exact) mass is 1290 g/mol. The lowest BCUT2D eigenvalue weighted by atomic mass is 10.0. The predicted molar refractivity (Wildman–Crippen MR) is 396 cm³/mol. The summed E-state index contributed by atoms with van der Waals surface area (Å²) < 4.78 is 23.0. The fraction of sp³-hybridized carbons (Fsp3) is 0.795. The minimum Gasteiger partial charge on any atom is -0.477 e. The maximum absolute atomic E-state index is 13.0. The lowest BCUT2D eigenvalue weighted by Crippen LogP contribution is -2.40. The number of rotatable bonds is 73. The van der Waals surface area contributed by atoms with Gasteiger partial charge in [-0.25, -0.2) is 4.79 Å². The second-order valence-corrected chi connectivity index (χ2v) is 27.7. The van der Waals surface area contributed by atoms with E-state index in [0.717, 1.165) is 89.9 Å². The number of unbranched alkanes of at least 4 members (excludes halogenated alkanes) is 44. The van der Waals surface area contributed by atoms with Gasteiger partial charge in [0.15, 0.2) is 6.10 Å². The van der Waals surface area contributed by atoms with Crippen LogP contribution in [0.4, 0.5) is 0 Å². The Balaban J connectivity index is 4.04. The number of hydrogen-bond donors (Lipinski definition) is 1. The van der Waals surface area contributed by atoms with Crippen molar-refractivity contribution in [1.29, 1.82) is 0 Å². The van der Waals surface area contributed by atoms with Gasteiger partial charge in [0.2, 0.25) is 0 Å². The molecule has 1 N–H and O–H groups in total. The van der Waals surface area contributed by atoms with Crippen molar-refractivity contribution >= 4 is 17.9 Å². The van der Waals surface area contributed by atoms with Crippen LogP contribution in [0.15, 0.2) is 85.1 Å². The number of carbonyl (C=O) groups excluding carboxylic acids is 2. The molecule has 92 heavy (non-hydrogen) atoms. The van der Waals surface area contributed by atoms with Gasteiger partial charge in [-0.2, -0.15) is 0 Å². The van der Waals surface area contributed by atoms with Crippen molar-refractivity contribution in [3.8, 4) is 0 Å². The Bertz CT molecular complexity index is 1790.